The minimum Gasteiger partial charge on any atom is -0.390 e. The van der Waals surface area contributed by atoms with E-state index in [1.165, 1.54) is 7.11 Å². The van der Waals surface area contributed by atoms with E-state index < -0.39 is 18.8 Å². The van der Waals surface area contributed by atoms with Crippen molar-refractivity contribution in [2.75, 3.05) is 26.9 Å². The maximum atomic E-state index is 12.7. The molecule has 0 spiro atoms. The largest absolute Gasteiger partial charge is 0.390 e. The van der Waals surface area contributed by atoms with Gasteiger partial charge < -0.3 is 20.6 Å². The zero-order chi connectivity index (χ0) is 14.8. The molecule has 1 saturated heterocycles. The van der Waals surface area contributed by atoms with Crippen LogP contribution in [-0.4, -0.2) is 44.7 Å². The van der Waals surface area contributed by atoms with Crippen molar-refractivity contribution in [1.29, 1.82) is 0 Å². The van der Waals surface area contributed by atoms with Gasteiger partial charge in [-0.15, -0.1) is 0 Å². The number of hydrogen-bond acceptors (Lipinski definition) is 5. The molecule has 2 aliphatic heterocycles. The van der Waals surface area contributed by atoms with Crippen LogP contribution in [0.25, 0.3) is 0 Å². The third kappa shape index (κ3) is 2.66. The molecular formula is C15H20FN3O2. The lowest BCUT2D eigenvalue weighted by Crippen LogP contribution is -2.31. The van der Waals surface area contributed by atoms with Gasteiger partial charge in [-0.1, -0.05) is 29.4 Å². The van der Waals surface area contributed by atoms with Crippen LogP contribution in [0.15, 0.2) is 29.4 Å². The van der Waals surface area contributed by atoms with Crippen molar-refractivity contribution in [1.82, 2.24) is 5.32 Å². The highest BCUT2D eigenvalue weighted by atomic mass is 19.1. The fourth-order valence-corrected chi connectivity index (χ4v) is 2.98. The number of hydrogen-bond donors (Lipinski definition) is 2. The Morgan fingerprint density at radius 1 is 1.43 bits per heavy atom. The van der Waals surface area contributed by atoms with Crippen molar-refractivity contribution in [2.45, 2.75) is 18.2 Å². The van der Waals surface area contributed by atoms with Crippen molar-refractivity contribution in [2.24, 2.45) is 16.8 Å². The standard InChI is InChI=1S/C15H20FN3O2/c1-20-15(12(17)6-16)10-4-2-9(3-5-10)14-11-7-18-8-13(11)21-19-14/h2-5,11-13,15,18H,6-8,17H2,1H3. The Morgan fingerprint density at radius 3 is 2.86 bits per heavy atom. The van der Waals surface area contributed by atoms with Crippen molar-refractivity contribution in [3.63, 3.8) is 0 Å². The quantitative estimate of drug-likeness (QED) is 0.849. The molecule has 0 bridgehead atoms. The van der Waals surface area contributed by atoms with Crippen LogP contribution in [0.4, 0.5) is 4.39 Å². The summed E-state index contributed by atoms with van der Waals surface area (Å²) in [6, 6.07) is 7.11. The molecule has 3 N–H and O–H groups in total. The monoisotopic (exact) mass is 293 g/mol. The second kappa shape index (κ2) is 6.09. The highest BCUT2D eigenvalue weighted by Crippen LogP contribution is 2.27. The van der Waals surface area contributed by atoms with Crippen molar-refractivity contribution in [3.05, 3.63) is 35.4 Å². The average Bonchev–Trinajstić information content (AvgIpc) is 3.11. The molecule has 114 valence electrons. The first-order valence-corrected chi connectivity index (χ1v) is 7.13. The number of methoxy groups -OCH3 is 1. The number of halogens is 1. The zero-order valence-electron chi connectivity index (χ0n) is 12.0. The fraction of sp³-hybridized carbons (Fsp3) is 0.533. The Labute approximate surface area is 123 Å². The van der Waals surface area contributed by atoms with E-state index in [0.717, 1.165) is 29.9 Å². The predicted octanol–water partition coefficient (Wildman–Crippen LogP) is 0.993. The summed E-state index contributed by atoms with van der Waals surface area (Å²) in [4.78, 5) is 5.43. The van der Waals surface area contributed by atoms with Crippen LogP contribution in [0, 0.1) is 5.92 Å². The number of nitrogens with two attached hydrogens (primary N) is 1. The van der Waals surface area contributed by atoms with Crippen LogP contribution in [0.1, 0.15) is 17.2 Å². The highest BCUT2D eigenvalue weighted by molar-refractivity contribution is 6.03. The predicted molar refractivity (Wildman–Crippen MR) is 77.9 cm³/mol. The highest BCUT2D eigenvalue weighted by Gasteiger charge is 2.38. The normalized spacial score (nSPS) is 26.9. The van der Waals surface area contributed by atoms with E-state index in [4.69, 9.17) is 15.3 Å². The van der Waals surface area contributed by atoms with Gasteiger partial charge in [-0.25, -0.2) is 4.39 Å². The maximum Gasteiger partial charge on any atom is 0.149 e. The Kier molecular flexibility index (Phi) is 4.19. The number of rotatable bonds is 5. The smallest absolute Gasteiger partial charge is 0.149 e. The van der Waals surface area contributed by atoms with Crippen LogP contribution in [0.5, 0.6) is 0 Å². The molecule has 2 heterocycles. The van der Waals surface area contributed by atoms with Gasteiger partial charge in [0.15, 0.2) is 0 Å². The summed E-state index contributed by atoms with van der Waals surface area (Å²) in [7, 11) is 1.54. The van der Waals surface area contributed by atoms with E-state index in [1.54, 1.807) is 0 Å². The molecule has 1 fully saturated rings. The SMILES string of the molecule is COC(c1ccc(C2=NOC3CNCC23)cc1)C(N)CF. The molecule has 2 aliphatic rings. The molecule has 0 saturated carbocycles. The summed E-state index contributed by atoms with van der Waals surface area (Å²) in [6.45, 7) is 1.11. The Morgan fingerprint density at radius 2 is 2.19 bits per heavy atom. The number of nitrogens with zero attached hydrogens (tertiary/aromatic N) is 1. The lowest BCUT2D eigenvalue weighted by molar-refractivity contribution is 0.0721. The van der Waals surface area contributed by atoms with Crippen LogP contribution in [0.2, 0.25) is 0 Å². The molecule has 21 heavy (non-hydrogen) atoms. The van der Waals surface area contributed by atoms with Gasteiger partial charge in [0.2, 0.25) is 0 Å². The van der Waals surface area contributed by atoms with Crippen LogP contribution in [-0.2, 0) is 9.57 Å². The van der Waals surface area contributed by atoms with Gasteiger partial charge in [-0.05, 0) is 11.1 Å². The fourth-order valence-electron chi connectivity index (χ4n) is 2.98. The van der Waals surface area contributed by atoms with Gasteiger partial charge in [0.05, 0.1) is 23.8 Å². The lowest BCUT2D eigenvalue weighted by atomic mass is 9.93. The number of nitrogens with one attached hydrogen (secondary N) is 1. The molecule has 4 unspecified atom stereocenters. The average molecular weight is 293 g/mol. The summed E-state index contributed by atoms with van der Waals surface area (Å²) in [5, 5.41) is 7.50. The first-order chi connectivity index (χ1) is 10.2. The summed E-state index contributed by atoms with van der Waals surface area (Å²) < 4.78 is 18.0. The summed E-state index contributed by atoms with van der Waals surface area (Å²) >= 11 is 0. The zero-order valence-corrected chi connectivity index (χ0v) is 12.0. The molecule has 0 amide bonds. The summed E-state index contributed by atoms with van der Waals surface area (Å²) in [6.07, 6.45) is -0.293. The van der Waals surface area contributed by atoms with Crippen molar-refractivity contribution >= 4 is 5.71 Å². The molecule has 1 aromatic rings. The van der Waals surface area contributed by atoms with E-state index in [1.807, 2.05) is 24.3 Å². The van der Waals surface area contributed by atoms with Crippen LogP contribution in [0.3, 0.4) is 0 Å². The van der Waals surface area contributed by atoms with Gasteiger partial charge in [0, 0.05) is 20.2 Å². The number of alkyl halides is 1. The van der Waals surface area contributed by atoms with E-state index in [-0.39, 0.29) is 6.10 Å². The summed E-state index contributed by atoms with van der Waals surface area (Å²) in [5.74, 6) is 0.308. The first kappa shape index (κ1) is 14.4. The number of benzene rings is 1. The van der Waals surface area contributed by atoms with Gasteiger partial charge in [0.25, 0.3) is 0 Å². The van der Waals surface area contributed by atoms with Gasteiger partial charge >= 0.3 is 0 Å². The third-order valence-corrected chi connectivity index (χ3v) is 4.15. The number of oxime groups is 1. The van der Waals surface area contributed by atoms with Crippen LogP contribution < -0.4 is 11.1 Å². The van der Waals surface area contributed by atoms with E-state index in [9.17, 15) is 4.39 Å². The van der Waals surface area contributed by atoms with Crippen LogP contribution >= 0.6 is 0 Å². The van der Waals surface area contributed by atoms with Crippen molar-refractivity contribution < 1.29 is 14.0 Å². The maximum absolute atomic E-state index is 12.7. The second-order valence-corrected chi connectivity index (χ2v) is 5.48. The van der Waals surface area contributed by atoms with Gasteiger partial charge in [0.1, 0.15) is 12.8 Å². The first-order valence-electron chi connectivity index (χ1n) is 7.13. The molecule has 0 aliphatic carbocycles. The number of fused-ring (bicyclic) bond motifs is 1. The topological polar surface area (TPSA) is 68.9 Å². The molecule has 0 aromatic heterocycles. The Balaban J connectivity index is 1.78. The molecule has 6 heteroatoms. The van der Waals surface area contributed by atoms with Gasteiger partial charge in [-0.3, -0.25) is 0 Å². The van der Waals surface area contributed by atoms with Gasteiger partial charge in [-0.2, -0.15) is 0 Å². The molecule has 4 atom stereocenters. The van der Waals surface area contributed by atoms with Crippen molar-refractivity contribution in [3.8, 4) is 0 Å². The molecule has 5 nitrogen and oxygen atoms in total. The molecular weight excluding hydrogens is 273 g/mol. The third-order valence-electron chi connectivity index (χ3n) is 4.15. The Hall–Kier alpha value is -1.50. The Bertz CT molecular complexity index is 520. The summed E-state index contributed by atoms with van der Waals surface area (Å²) in [5.41, 5.74) is 8.60. The lowest BCUT2D eigenvalue weighted by Gasteiger charge is -2.20. The second-order valence-electron chi connectivity index (χ2n) is 5.48. The molecule has 1 aromatic carbocycles. The van der Waals surface area contributed by atoms with E-state index in [0.29, 0.717) is 5.92 Å². The van der Waals surface area contributed by atoms with E-state index >= 15 is 0 Å². The van der Waals surface area contributed by atoms with E-state index in [2.05, 4.69) is 10.5 Å². The molecule has 3 rings (SSSR count). The number of ether oxygens (including phenoxy) is 1. The molecule has 0 radical (unpaired) electrons. The minimum atomic E-state index is -0.656. The minimum absolute atomic E-state index is 0.145.